The topological polar surface area (TPSA) is 61.4 Å². The van der Waals surface area contributed by atoms with Crippen molar-refractivity contribution >= 4 is 17.5 Å². The molecule has 5 nitrogen and oxygen atoms in total. The molecule has 0 aliphatic heterocycles. The third-order valence-corrected chi connectivity index (χ3v) is 4.72. The minimum atomic E-state index is -0.463. The lowest BCUT2D eigenvalue weighted by atomic mass is 9.91. The summed E-state index contributed by atoms with van der Waals surface area (Å²) in [6.07, 6.45) is 1.45. The molecule has 0 heterocycles. The molecule has 0 saturated heterocycles. The number of nitrogens with zero attached hydrogens (tertiary/aromatic N) is 1. The highest BCUT2D eigenvalue weighted by Crippen LogP contribution is 2.24. The number of allylic oxidation sites excluding steroid dienone is 1. The van der Waals surface area contributed by atoms with E-state index in [2.05, 4.69) is 10.9 Å². The van der Waals surface area contributed by atoms with Crippen LogP contribution < -0.4 is 15.8 Å². The van der Waals surface area contributed by atoms with E-state index in [-0.39, 0.29) is 11.8 Å². The van der Waals surface area contributed by atoms with Gasteiger partial charge >= 0.3 is 0 Å². The van der Waals surface area contributed by atoms with Crippen LogP contribution in [0.3, 0.4) is 0 Å². The molecule has 0 aliphatic carbocycles. The zero-order chi connectivity index (χ0) is 21.3. The minimum absolute atomic E-state index is 0.192. The summed E-state index contributed by atoms with van der Waals surface area (Å²) in [7, 11) is 1.71. The molecule has 3 aromatic rings. The van der Waals surface area contributed by atoms with Gasteiger partial charge in [-0.05, 0) is 30.2 Å². The van der Waals surface area contributed by atoms with Crippen molar-refractivity contribution in [2.45, 2.75) is 12.8 Å². The van der Waals surface area contributed by atoms with E-state index in [1.165, 1.54) is 6.08 Å². The molecule has 3 rings (SSSR count). The Morgan fingerprint density at radius 1 is 0.767 bits per heavy atom. The van der Waals surface area contributed by atoms with Crippen molar-refractivity contribution in [3.8, 4) is 0 Å². The molecule has 0 fully saturated rings. The van der Waals surface area contributed by atoms with E-state index in [9.17, 15) is 9.59 Å². The van der Waals surface area contributed by atoms with Crippen LogP contribution in [0.15, 0.2) is 103 Å². The maximum absolute atomic E-state index is 13.0. The molecule has 0 radical (unpaired) electrons. The second-order valence-electron chi connectivity index (χ2n) is 6.93. The van der Waals surface area contributed by atoms with Gasteiger partial charge < -0.3 is 10.3 Å². The van der Waals surface area contributed by atoms with Crippen molar-refractivity contribution in [3.63, 3.8) is 0 Å². The summed E-state index contributed by atoms with van der Waals surface area (Å²) < 4.78 is 0. The summed E-state index contributed by atoms with van der Waals surface area (Å²) in [6, 6.07) is 28.6. The highest BCUT2D eigenvalue weighted by atomic mass is 16.2. The average molecular weight is 399 g/mol. The Balaban J connectivity index is 1.69. The fourth-order valence-corrected chi connectivity index (χ4v) is 3.12. The lowest BCUT2D eigenvalue weighted by Gasteiger charge is -2.19. The molecule has 0 saturated carbocycles. The molecule has 0 unspecified atom stereocenters. The molecule has 5 heteroatoms. The maximum atomic E-state index is 13.0. The predicted octanol–water partition coefficient (Wildman–Crippen LogP) is 4.01. The van der Waals surface area contributed by atoms with Gasteiger partial charge in [-0.15, -0.1) is 0 Å². The molecule has 152 valence electrons. The largest absolute Gasteiger partial charge is 0.312 e. The lowest BCUT2D eigenvalue weighted by molar-refractivity contribution is -0.122. The SMILES string of the molecule is CC(=CC(=O)N(C)c1ccccc1)NNC(=O)C(c1ccccc1)c1ccccc1. The molecule has 0 bridgehead atoms. The van der Waals surface area contributed by atoms with Crippen LogP contribution in [0.5, 0.6) is 0 Å². The van der Waals surface area contributed by atoms with Crippen molar-refractivity contribution in [2.24, 2.45) is 0 Å². The number of rotatable bonds is 7. The second kappa shape index (κ2) is 10.1. The van der Waals surface area contributed by atoms with Crippen molar-refractivity contribution in [1.29, 1.82) is 0 Å². The zero-order valence-electron chi connectivity index (χ0n) is 17.1. The quantitative estimate of drug-likeness (QED) is 0.466. The highest BCUT2D eigenvalue weighted by Gasteiger charge is 2.22. The standard InChI is InChI=1S/C25H25N3O2/c1-19(18-23(29)28(2)22-16-10-5-11-17-22)26-27-25(30)24(20-12-6-3-7-13-20)21-14-8-4-9-15-21/h3-18,24,26H,1-2H3,(H,27,30). The van der Waals surface area contributed by atoms with E-state index in [0.717, 1.165) is 16.8 Å². The Kier molecular flexibility index (Phi) is 7.00. The number of anilines is 1. The van der Waals surface area contributed by atoms with Crippen LogP contribution in [0, 0.1) is 0 Å². The first kappa shape index (κ1) is 20.9. The van der Waals surface area contributed by atoms with Gasteiger partial charge in [0, 0.05) is 24.5 Å². The van der Waals surface area contributed by atoms with Gasteiger partial charge in [-0.25, -0.2) is 0 Å². The number of carbonyl (C=O) groups is 2. The van der Waals surface area contributed by atoms with Crippen LogP contribution >= 0.6 is 0 Å². The first-order valence-electron chi connectivity index (χ1n) is 9.73. The molecular formula is C25H25N3O2. The second-order valence-corrected chi connectivity index (χ2v) is 6.93. The molecule has 30 heavy (non-hydrogen) atoms. The van der Waals surface area contributed by atoms with Crippen LogP contribution in [-0.2, 0) is 9.59 Å². The number of hydrazine groups is 1. The van der Waals surface area contributed by atoms with Crippen molar-refractivity contribution in [2.75, 3.05) is 11.9 Å². The monoisotopic (exact) mass is 399 g/mol. The molecule has 2 N–H and O–H groups in total. The molecular weight excluding hydrogens is 374 g/mol. The number of benzene rings is 3. The Hall–Kier alpha value is -3.86. The van der Waals surface area contributed by atoms with Gasteiger partial charge in [0.2, 0.25) is 5.91 Å². The minimum Gasteiger partial charge on any atom is -0.312 e. The van der Waals surface area contributed by atoms with Gasteiger partial charge in [-0.1, -0.05) is 78.9 Å². The average Bonchev–Trinajstić information content (AvgIpc) is 2.79. The van der Waals surface area contributed by atoms with Gasteiger partial charge in [-0.2, -0.15) is 0 Å². The predicted molar refractivity (Wildman–Crippen MR) is 120 cm³/mol. The van der Waals surface area contributed by atoms with Gasteiger partial charge in [-0.3, -0.25) is 15.0 Å². The normalized spacial score (nSPS) is 11.1. The maximum Gasteiger partial charge on any atom is 0.252 e. The van der Waals surface area contributed by atoms with Crippen molar-refractivity contribution in [1.82, 2.24) is 10.9 Å². The molecule has 2 amide bonds. The van der Waals surface area contributed by atoms with Crippen LogP contribution in [-0.4, -0.2) is 18.9 Å². The van der Waals surface area contributed by atoms with E-state index in [4.69, 9.17) is 0 Å². The molecule has 0 aromatic heterocycles. The Bertz CT molecular complexity index is 963. The summed E-state index contributed by atoms with van der Waals surface area (Å²) >= 11 is 0. The number of nitrogens with one attached hydrogen (secondary N) is 2. The van der Waals surface area contributed by atoms with Crippen LogP contribution in [0.1, 0.15) is 24.0 Å². The summed E-state index contributed by atoms with van der Waals surface area (Å²) in [5.41, 5.74) is 8.71. The Labute approximate surface area is 177 Å². The van der Waals surface area contributed by atoms with Crippen LogP contribution in [0.4, 0.5) is 5.69 Å². The molecule has 3 aromatic carbocycles. The number of para-hydroxylation sites is 1. The number of carbonyl (C=O) groups excluding carboxylic acids is 2. The third-order valence-electron chi connectivity index (χ3n) is 4.72. The number of hydrogen-bond acceptors (Lipinski definition) is 3. The van der Waals surface area contributed by atoms with Crippen molar-refractivity contribution < 1.29 is 9.59 Å². The van der Waals surface area contributed by atoms with E-state index in [1.54, 1.807) is 18.9 Å². The smallest absolute Gasteiger partial charge is 0.252 e. The van der Waals surface area contributed by atoms with Crippen molar-refractivity contribution in [3.05, 3.63) is 114 Å². The van der Waals surface area contributed by atoms with E-state index >= 15 is 0 Å². The van der Waals surface area contributed by atoms with E-state index in [1.807, 2.05) is 91.0 Å². The van der Waals surface area contributed by atoms with Gasteiger partial charge in [0.25, 0.3) is 5.91 Å². The number of amides is 2. The van der Waals surface area contributed by atoms with Gasteiger partial charge in [0.1, 0.15) is 0 Å². The van der Waals surface area contributed by atoms with E-state index in [0.29, 0.717) is 5.70 Å². The third kappa shape index (κ3) is 5.35. The number of likely N-dealkylation sites (N-methyl/N-ethyl adjacent to an activating group) is 1. The Morgan fingerprint density at radius 3 is 1.73 bits per heavy atom. The summed E-state index contributed by atoms with van der Waals surface area (Å²) in [4.78, 5) is 27.0. The highest BCUT2D eigenvalue weighted by molar-refractivity contribution is 6.01. The summed E-state index contributed by atoms with van der Waals surface area (Å²) in [5, 5.41) is 0. The molecule has 0 atom stereocenters. The van der Waals surface area contributed by atoms with E-state index < -0.39 is 5.92 Å². The Morgan fingerprint density at radius 2 is 1.23 bits per heavy atom. The lowest BCUT2D eigenvalue weighted by Crippen LogP contribution is -2.40. The number of hydrogen-bond donors (Lipinski definition) is 2. The summed E-state index contributed by atoms with van der Waals surface area (Å²) in [6.45, 7) is 1.73. The van der Waals surface area contributed by atoms with Gasteiger partial charge in [0.05, 0.1) is 5.92 Å². The first-order valence-corrected chi connectivity index (χ1v) is 9.73. The molecule has 0 aliphatic rings. The van der Waals surface area contributed by atoms with Gasteiger partial charge in [0.15, 0.2) is 0 Å². The van der Waals surface area contributed by atoms with Crippen LogP contribution in [0.25, 0.3) is 0 Å². The fourth-order valence-electron chi connectivity index (χ4n) is 3.12. The first-order chi connectivity index (χ1) is 14.6. The zero-order valence-corrected chi connectivity index (χ0v) is 17.1. The summed E-state index contributed by atoms with van der Waals surface area (Å²) in [5.74, 6) is -0.859. The van der Waals surface area contributed by atoms with Crippen LogP contribution in [0.2, 0.25) is 0 Å². The fraction of sp³-hybridized carbons (Fsp3) is 0.120. The molecule has 0 spiro atoms.